The average Bonchev–Trinajstić information content (AvgIpc) is 3.26. The number of carbonyl (C=O) groups is 2. The van der Waals surface area contributed by atoms with Gasteiger partial charge in [0.1, 0.15) is 6.04 Å². The van der Waals surface area contributed by atoms with Gasteiger partial charge in [-0.05, 0) is 57.8 Å². The molecule has 4 heteroatoms. The quantitative estimate of drug-likeness (QED) is 0.303. The molecule has 0 bridgehead atoms. The third-order valence-electron chi connectivity index (χ3n) is 4.98. The molecule has 1 aliphatic heterocycles. The molecule has 1 atom stereocenters. The molecule has 0 radical (unpaired) electrons. The molecule has 1 fully saturated rings. The van der Waals surface area contributed by atoms with Gasteiger partial charge < -0.3 is 10.0 Å². The molecule has 31 heavy (non-hydrogen) atoms. The fraction of sp³-hybridized carbons (Fsp3) is 0.481. The van der Waals surface area contributed by atoms with E-state index in [9.17, 15) is 9.59 Å². The summed E-state index contributed by atoms with van der Waals surface area (Å²) in [7, 11) is 0. The lowest BCUT2D eigenvalue weighted by Crippen LogP contribution is -2.40. The Morgan fingerprint density at radius 3 is 1.68 bits per heavy atom. The third-order valence-corrected chi connectivity index (χ3v) is 4.98. The molecular weight excluding hydrogens is 386 g/mol. The minimum atomic E-state index is -0.889. The first kappa shape index (κ1) is 26.4. The molecule has 0 aromatic carbocycles. The second kappa shape index (κ2) is 18.2. The molecule has 1 unspecified atom stereocenters. The summed E-state index contributed by atoms with van der Waals surface area (Å²) in [5.41, 5.74) is 0. The van der Waals surface area contributed by atoms with Gasteiger partial charge in [0.25, 0.3) is 0 Å². The highest BCUT2D eigenvalue weighted by Crippen LogP contribution is 2.18. The van der Waals surface area contributed by atoms with E-state index in [1.165, 1.54) is 4.90 Å². The van der Waals surface area contributed by atoms with E-state index in [1.807, 2.05) is 6.08 Å². The van der Waals surface area contributed by atoms with Crippen LogP contribution in [0.4, 0.5) is 0 Å². The smallest absolute Gasteiger partial charge is 0.326 e. The van der Waals surface area contributed by atoms with Crippen LogP contribution in [0.3, 0.4) is 0 Å². The van der Waals surface area contributed by atoms with Gasteiger partial charge in [-0.3, -0.25) is 4.79 Å². The number of hydrogen-bond acceptors (Lipinski definition) is 2. The van der Waals surface area contributed by atoms with Gasteiger partial charge in [0.05, 0.1) is 0 Å². The van der Waals surface area contributed by atoms with Gasteiger partial charge in [-0.15, -0.1) is 0 Å². The average molecular weight is 426 g/mol. The topological polar surface area (TPSA) is 57.6 Å². The van der Waals surface area contributed by atoms with Crippen molar-refractivity contribution in [3.05, 3.63) is 72.9 Å². The molecule has 1 saturated heterocycles. The van der Waals surface area contributed by atoms with E-state index in [0.717, 1.165) is 44.9 Å². The Labute approximate surface area is 188 Å². The van der Waals surface area contributed by atoms with E-state index in [-0.39, 0.29) is 5.91 Å². The summed E-state index contributed by atoms with van der Waals surface area (Å²) < 4.78 is 0. The second-order valence-electron chi connectivity index (χ2n) is 7.54. The first-order chi connectivity index (χ1) is 15.2. The molecule has 170 valence electrons. The van der Waals surface area contributed by atoms with E-state index in [2.05, 4.69) is 73.8 Å². The van der Waals surface area contributed by atoms with Crippen LogP contribution in [0.2, 0.25) is 0 Å². The number of carbonyl (C=O) groups excluding carboxylic acids is 1. The van der Waals surface area contributed by atoms with Gasteiger partial charge in [0, 0.05) is 13.0 Å². The van der Waals surface area contributed by atoms with E-state index < -0.39 is 12.0 Å². The Morgan fingerprint density at radius 1 is 0.774 bits per heavy atom. The highest BCUT2D eigenvalue weighted by Gasteiger charge is 2.33. The summed E-state index contributed by atoms with van der Waals surface area (Å²) >= 11 is 0. The Kier molecular flexibility index (Phi) is 15.5. The summed E-state index contributed by atoms with van der Waals surface area (Å²) in [6.45, 7) is 2.71. The molecule has 0 aromatic heterocycles. The number of likely N-dealkylation sites (tertiary alicyclic amines) is 1. The van der Waals surface area contributed by atoms with Crippen LogP contribution in [0.5, 0.6) is 0 Å². The number of hydrogen-bond donors (Lipinski definition) is 1. The van der Waals surface area contributed by atoms with E-state index >= 15 is 0 Å². The minimum absolute atomic E-state index is 0.0515. The maximum Gasteiger partial charge on any atom is 0.326 e. The first-order valence-corrected chi connectivity index (χ1v) is 11.6. The lowest BCUT2D eigenvalue weighted by molar-refractivity contribution is -0.148. The fourth-order valence-electron chi connectivity index (χ4n) is 3.31. The lowest BCUT2D eigenvalue weighted by atomic mass is 10.2. The van der Waals surface area contributed by atoms with Crippen LogP contribution in [0, 0.1) is 0 Å². The van der Waals surface area contributed by atoms with Crippen molar-refractivity contribution in [3.63, 3.8) is 0 Å². The lowest BCUT2D eigenvalue weighted by Gasteiger charge is -2.20. The van der Waals surface area contributed by atoms with Gasteiger partial charge in [0.15, 0.2) is 0 Å². The molecule has 1 heterocycles. The Hall–Kier alpha value is -2.62. The van der Waals surface area contributed by atoms with Crippen molar-refractivity contribution in [2.75, 3.05) is 6.54 Å². The second-order valence-corrected chi connectivity index (χ2v) is 7.54. The predicted octanol–water partition coefficient (Wildman–Crippen LogP) is 6.54. The van der Waals surface area contributed by atoms with Gasteiger partial charge >= 0.3 is 5.97 Å². The zero-order chi connectivity index (χ0) is 22.6. The zero-order valence-corrected chi connectivity index (χ0v) is 19.0. The normalized spacial score (nSPS) is 17.7. The number of rotatable bonds is 15. The number of allylic oxidation sites excluding steroid dienone is 12. The van der Waals surface area contributed by atoms with Crippen molar-refractivity contribution in [2.45, 2.75) is 77.2 Å². The molecule has 0 saturated carbocycles. The van der Waals surface area contributed by atoms with Gasteiger partial charge in [-0.2, -0.15) is 0 Å². The Balaban J connectivity index is 2.03. The van der Waals surface area contributed by atoms with Crippen LogP contribution in [-0.2, 0) is 9.59 Å². The van der Waals surface area contributed by atoms with E-state index in [1.54, 1.807) is 0 Å². The Morgan fingerprint density at radius 2 is 1.23 bits per heavy atom. The number of amides is 1. The molecule has 0 aliphatic carbocycles. The maximum atomic E-state index is 12.1. The summed E-state index contributed by atoms with van der Waals surface area (Å²) in [6, 6.07) is -0.627. The molecule has 1 amide bonds. The van der Waals surface area contributed by atoms with Crippen LogP contribution >= 0.6 is 0 Å². The molecule has 1 aliphatic rings. The van der Waals surface area contributed by atoms with Crippen molar-refractivity contribution >= 4 is 11.9 Å². The van der Waals surface area contributed by atoms with Crippen molar-refractivity contribution in [2.24, 2.45) is 0 Å². The van der Waals surface area contributed by atoms with Crippen molar-refractivity contribution in [1.82, 2.24) is 4.90 Å². The fourth-order valence-corrected chi connectivity index (χ4v) is 3.31. The third kappa shape index (κ3) is 13.3. The number of carboxylic acids is 1. The SMILES string of the molecule is CC/C=C/C/C=C/C/C=C/C/C=C/C/C=C/C/C=C/CCC(=O)N1CCCC1C(=O)O. The van der Waals surface area contributed by atoms with Crippen molar-refractivity contribution < 1.29 is 14.7 Å². The van der Waals surface area contributed by atoms with E-state index in [0.29, 0.717) is 25.8 Å². The largest absolute Gasteiger partial charge is 0.480 e. The maximum absolute atomic E-state index is 12.1. The summed E-state index contributed by atoms with van der Waals surface area (Å²) in [5, 5.41) is 9.14. The molecule has 1 N–H and O–H groups in total. The number of aliphatic carboxylic acids is 1. The van der Waals surface area contributed by atoms with Crippen molar-refractivity contribution in [3.8, 4) is 0 Å². The molecule has 1 rings (SSSR count). The van der Waals surface area contributed by atoms with Gasteiger partial charge in [-0.1, -0.05) is 79.8 Å². The zero-order valence-electron chi connectivity index (χ0n) is 19.0. The van der Waals surface area contributed by atoms with Crippen LogP contribution in [0.15, 0.2) is 72.9 Å². The number of nitrogens with zero attached hydrogens (tertiary/aromatic N) is 1. The van der Waals surface area contributed by atoms with E-state index in [4.69, 9.17) is 5.11 Å². The van der Waals surface area contributed by atoms with Gasteiger partial charge in [0.2, 0.25) is 5.91 Å². The molecule has 4 nitrogen and oxygen atoms in total. The standard InChI is InChI=1S/C27H39NO3/c1-2-3-4-5-6-7-8-9-10-11-12-13-14-15-16-17-18-19-20-23-26(29)28-24-21-22-25(28)27(30)31/h3-4,6-7,9-10,12-13,15-16,18-19,25H,2,5,8,11,14,17,20-24H2,1H3,(H,30,31)/b4-3+,7-6+,10-9+,13-12+,16-15+,19-18+. The summed E-state index contributed by atoms with van der Waals surface area (Å²) in [5.74, 6) is -0.941. The van der Waals surface area contributed by atoms with Crippen LogP contribution in [-0.4, -0.2) is 34.5 Å². The van der Waals surface area contributed by atoms with Crippen LogP contribution in [0.1, 0.15) is 71.1 Å². The summed E-state index contributed by atoms with van der Waals surface area (Å²) in [6.07, 6.45) is 34.1. The molecular formula is C27H39NO3. The monoisotopic (exact) mass is 425 g/mol. The highest BCUT2D eigenvalue weighted by atomic mass is 16.4. The highest BCUT2D eigenvalue weighted by molar-refractivity contribution is 5.84. The Bertz CT molecular complexity index is 683. The van der Waals surface area contributed by atoms with Crippen LogP contribution < -0.4 is 0 Å². The van der Waals surface area contributed by atoms with Gasteiger partial charge in [-0.25, -0.2) is 4.79 Å². The van der Waals surface area contributed by atoms with Crippen LogP contribution in [0.25, 0.3) is 0 Å². The molecule has 0 spiro atoms. The van der Waals surface area contributed by atoms with Crippen molar-refractivity contribution in [1.29, 1.82) is 0 Å². The predicted molar refractivity (Wildman–Crippen MR) is 130 cm³/mol. The minimum Gasteiger partial charge on any atom is -0.480 e. The first-order valence-electron chi connectivity index (χ1n) is 11.6. The summed E-state index contributed by atoms with van der Waals surface area (Å²) in [4.78, 5) is 24.8. The number of carboxylic acid groups (broad SMARTS) is 1. The molecule has 0 aromatic rings.